The summed E-state index contributed by atoms with van der Waals surface area (Å²) in [5.41, 5.74) is 4.85. The number of rotatable bonds is 7. The van der Waals surface area contributed by atoms with Gasteiger partial charge in [-0.15, -0.1) is 0 Å². The minimum absolute atomic E-state index is 0.580. The SMILES string of the molecule is CCc1ccccc1C(C(=O)O)C(C(=O)O)c1c(C)cc(C)cc1CC. The predicted molar refractivity (Wildman–Crippen MR) is 102 cm³/mol. The highest BCUT2D eigenvalue weighted by Gasteiger charge is 2.39. The maximum atomic E-state index is 12.3. The van der Waals surface area contributed by atoms with Crippen LogP contribution in [0.3, 0.4) is 0 Å². The van der Waals surface area contributed by atoms with E-state index in [1.54, 1.807) is 12.1 Å². The first-order valence-electron chi connectivity index (χ1n) is 8.95. The third-order valence-corrected chi connectivity index (χ3v) is 4.95. The summed E-state index contributed by atoms with van der Waals surface area (Å²) < 4.78 is 0. The molecule has 0 saturated heterocycles. The van der Waals surface area contributed by atoms with Crippen LogP contribution in [-0.2, 0) is 22.4 Å². The van der Waals surface area contributed by atoms with Gasteiger partial charge in [0.15, 0.2) is 0 Å². The Hall–Kier alpha value is -2.62. The normalized spacial score (nSPS) is 13.2. The van der Waals surface area contributed by atoms with Crippen molar-refractivity contribution < 1.29 is 19.8 Å². The van der Waals surface area contributed by atoms with Crippen LogP contribution in [0.2, 0.25) is 0 Å². The Morgan fingerprint density at radius 3 is 2.00 bits per heavy atom. The Morgan fingerprint density at radius 1 is 0.885 bits per heavy atom. The molecule has 0 spiro atoms. The fourth-order valence-electron chi connectivity index (χ4n) is 3.85. The second-order valence-electron chi connectivity index (χ2n) is 6.69. The Kier molecular flexibility index (Phi) is 6.19. The lowest BCUT2D eigenvalue weighted by Crippen LogP contribution is -2.28. The van der Waals surface area contributed by atoms with E-state index in [1.807, 2.05) is 52.0 Å². The van der Waals surface area contributed by atoms with Gasteiger partial charge in [-0.05, 0) is 54.5 Å². The van der Waals surface area contributed by atoms with E-state index in [4.69, 9.17) is 0 Å². The van der Waals surface area contributed by atoms with Crippen molar-refractivity contribution in [3.63, 3.8) is 0 Å². The molecule has 0 amide bonds. The van der Waals surface area contributed by atoms with Crippen molar-refractivity contribution in [2.24, 2.45) is 0 Å². The second-order valence-corrected chi connectivity index (χ2v) is 6.69. The van der Waals surface area contributed by atoms with Crippen molar-refractivity contribution >= 4 is 11.9 Å². The molecule has 0 bridgehead atoms. The Morgan fingerprint density at radius 2 is 1.46 bits per heavy atom. The number of carbonyl (C=O) groups is 2. The van der Waals surface area contributed by atoms with Crippen LogP contribution in [0.15, 0.2) is 36.4 Å². The Balaban J connectivity index is 2.76. The lowest BCUT2D eigenvalue weighted by molar-refractivity contribution is -0.147. The van der Waals surface area contributed by atoms with E-state index in [0.717, 1.165) is 22.3 Å². The first-order valence-corrected chi connectivity index (χ1v) is 8.95. The fraction of sp³-hybridized carbons (Fsp3) is 0.364. The molecule has 138 valence electrons. The lowest BCUT2D eigenvalue weighted by atomic mass is 9.76. The topological polar surface area (TPSA) is 74.6 Å². The zero-order valence-electron chi connectivity index (χ0n) is 15.7. The third kappa shape index (κ3) is 3.79. The summed E-state index contributed by atoms with van der Waals surface area (Å²) in [5, 5.41) is 20.0. The molecule has 0 aliphatic heterocycles. The fourth-order valence-corrected chi connectivity index (χ4v) is 3.85. The Bertz CT molecular complexity index is 823. The van der Waals surface area contributed by atoms with Crippen LogP contribution < -0.4 is 0 Å². The van der Waals surface area contributed by atoms with Crippen molar-refractivity contribution in [3.8, 4) is 0 Å². The summed E-state index contributed by atoms with van der Waals surface area (Å²) in [6, 6.07) is 11.1. The van der Waals surface area contributed by atoms with Crippen LogP contribution in [0.4, 0.5) is 0 Å². The van der Waals surface area contributed by atoms with Gasteiger partial charge in [-0.25, -0.2) is 0 Å². The van der Waals surface area contributed by atoms with Crippen LogP contribution in [-0.4, -0.2) is 22.2 Å². The van der Waals surface area contributed by atoms with E-state index in [1.165, 1.54) is 0 Å². The van der Waals surface area contributed by atoms with E-state index in [9.17, 15) is 19.8 Å². The van der Waals surface area contributed by atoms with E-state index in [-0.39, 0.29) is 0 Å². The summed E-state index contributed by atoms with van der Waals surface area (Å²) in [5.74, 6) is -4.48. The smallest absolute Gasteiger partial charge is 0.312 e. The largest absolute Gasteiger partial charge is 0.481 e. The standard InChI is InChI=1S/C22H26O4/c1-5-15-9-7-8-10-17(15)19(21(23)24)20(22(25)26)18-14(4)11-13(3)12-16(18)6-2/h7-12,19-20H,5-6H2,1-4H3,(H,23,24)(H,25,26). The number of carboxylic acids is 2. The van der Waals surface area contributed by atoms with E-state index in [2.05, 4.69) is 0 Å². The summed E-state index contributed by atoms with van der Waals surface area (Å²) in [6.07, 6.45) is 1.31. The quantitative estimate of drug-likeness (QED) is 0.769. The predicted octanol–water partition coefficient (Wildman–Crippen LogP) is 4.46. The molecule has 0 saturated carbocycles. The highest BCUT2D eigenvalue weighted by Crippen LogP contribution is 2.39. The van der Waals surface area contributed by atoms with Crippen LogP contribution >= 0.6 is 0 Å². The molecule has 0 aliphatic rings. The van der Waals surface area contributed by atoms with Crippen LogP contribution in [0.25, 0.3) is 0 Å². The summed E-state index contributed by atoms with van der Waals surface area (Å²) in [4.78, 5) is 24.5. The zero-order valence-corrected chi connectivity index (χ0v) is 15.7. The van der Waals surface area contributed by atoms with Gasteiger partial charge >= 0.3 is 11.9 Å². The molecule has 0 aliphatic carbocycles. The van der Waals surface area contributed by atoms with Gasteiger partial charge in [-0.3, -0.25) is 9.59 Å². The van der Waals surface area contributed by atoms with Gasteiger partial charge in [-0.1, -0.05) is 55.8 Å². The van der Waals surface area contributed by atoms with Crippen molar-refractivity contribution in [2.75, 3.05) is 0 Å². The number of aliphatic carboxylic acids is 2. The van der Waals surface area contributed by atoms with E-state index >= 15 is 0 Å². The maximum absolute atomic E-state index is 12.3. The molecule has 4 heteroatoms. The van der Waals surface area contributed by atoms with Gasteiger partial charge in [0.1, 0.15) is 0 Å². The highest BCUT2D eigenvalue weighted by atomic mass is 16.4. The van der Waals surface area contributed by atoms with Crippen LogP contribution in [0, 0.1) is 13.8 Å². The number of benzene rings is 2. The number of hydrogen-bond donors (Lipinski definition) is 2. The lowest BCUT2D eigenvalue weighted by Gasteiger charge is -2.26. The minimum atomic E-state index is -1.13. The molecular formula is C22H26O4. The molecule has 0 heterocycles. The zero-order chi connectivity index (χ0) is 19.4. The van der Waals surface area contributed by atoms with Gasteiger partial charge in [0.25, 0.3) is 0 Å². The number of aryl methyl sites for hydroxylation is 4. The van der Waals surface area contributed by atoms with Gasteiger partial charge < -0.3 is 10.2 Å². The van der Waals surface area contributed by atoms with Crippen molar-refractivity contribution in [1.82, 2.24) is 0 Å². The average Bonchev–Trinajstić information content (AvgIpc) is 2.59. The van der Waals surface area contributed by atoms with E-state index < -0.39 is 23.8 Å². The molecule has 2 aromatic rings. The molecule has 4 nitrogen and oxygen atoms in total. The molecule has 0 aromatic heterocycles. The number of carboxylic acid groups (broad SMARTS) is 2. The number of hydrogen-bond acceptors (Lipinski definition) is 2. The highest BCUT2D eigenvalue weighted by molar-refractivity contribution is 5.89. The summed E-state index contributed by atoms with van der Waals surface area (Å²) in [7, 11) is 0. The first kappa shape index (κ1) is 19.7. The summed E-state index contributed by atoms with van der Waals surface area (Å²) >= 11 is 0. The van der Waals surface area contributed by atoms with Crippen molar-refractivity contribution in [1.29, 1.82) is 0 Å². The molecule has 2 N–H and O–H groups in total. The van der Waals surface area contributed by atoms with Gasteiger partial charge in [0.2, 0.25) is 0 Å². The van der Waals surface area contributed by atoms with Crippen LogP contribution in [0.5, 0.6) is 0 Å². The van der Waals surface area contributed by atoms with Crippen molar-refractivity contribution in [3.05, 3.63) is 69.8 Å². The van der Waals surface area contributed by atoms with Gasteiger partial charge in [0, 0.05) is 0 Å². The Labute approximate surface area is 154 Å². The molecular weight excluding hydrogens is 328 g/mol. The third-order valence-electron chi connectivity index (χ3n) is 4.95. The van der Waals surface area contributed by atoms with Crippen LogP contribution in [0.1, 0.15) is 59.1 Å². The molecule has 26 heavy (non-hydrogen) atoms. The molecule has 0 radical (unpaired) electrons. The minimum Gasteiger partial charge on any atom is -0.481 e. The monoisotopic (exact) mass is 354 g/mol. The first-order chi connectivity index (χ1) is 12.3. The summed E-state index contributed by atoms with van der Waals surface area (Å²) in [6.45, 7) is 7.74. The van der Waals surface area contributed by atoms with Crippen molar-refractivity contribution in [2.45, 2.75) is 52.4 Å². The van der Waals surface area contributed by atoms with Gasteiger partial charge in [-0.2, -0.15) is 0 Å². The molecule has 2 rings (SSSR count). The maximum Gasteiger partial charge on any atom is 0.312 e. The van der Waals surface area contributed by atoms with Gasteiger partial charge in [0.05, 0.1) is 11.8 Å². The molecule has 2 unspecified atom stereocenters. The molecule has 2 aromatic carbocycles. The van der Waals surface area contributed by atoms with E-state index in [0.29, 0.717) is 24.0 Å². The second kappa shape index (κ2) is 8.17. The molecule has 0 fully saturated rings. The molecule has 2 atom stereocenters. The average molecular weight is 354 g/mol.